The Bertz CT molecular complexity index is 438. The van der Waals surface area contributed by atoms with Gasteiger partial charge in [0.1, 0.15) is 0 Å². The summed E-state index contributed by atoms with van der Waals surface area (Å²) in [5.74, 6) is 0. The molecule has 1 aliphatic carbocycles. The van der Waals surface area contributed by atoms with Crippen LogP contribution in [0.1, 0.15) is 25.8 Å². The van der Waals surface area contributed by atoms with Crippen LogP contribution in [0.5, 0.6) is 0 Å². The molecule has 1 saturated carbocycles. The first-order valence-electron chi connectivity index (χ1n) is 5.43. The number of anilines is 2. The SMILES string of the molecule is CC1(C)CC1Nc1ccc(N)c(C(F)(F)F)c1. The molecule has 1 fully saturated rings. The smallest absolute Gasteiger partial charge is 0.398 e. The average Bonchev–Trinajstić information content (AvgIpc) is 2.75. The number of halogens is 3. The van der Waals surface area contributed by atoms with E-state index < -0.39 is 11.7 Å². The monoisotopic (exact) mass is 244 g/mol. The van der Waals surface area contributed by atoms with Gasteiger partial charge in [-0.05, 0) is 30.0 Å². The van der Waals surface area contributed by atoms with E-state index in [-0.39, 0.29) is 17.1 Å². The highest BCUT2D eigenvalue weighted by molar-refractivity contribution is 5.59. The molecule has 3 N–H and O–H groups in total. The fourth-order valence-electron chi connectivity index (χ4n) is 1.81. The van der Waals surface area contributed by atoms with E-state index >= 15 is 0 Å². The molecule has 1 atom stereocenters. The summed E-state index contributed by atoms with van der Waals surface area (Å²) in [5.41, 5.74) is 4.95. The van der Waals surface area contributed by atoms with Crippen molar-refractivity contribution in [3.05, 3.63) is 23.8 Å². The summed E-state index contributed by atoms with van der Waals surface area (Å²) in [5, 5.41) is 3.09. The third kappa shape index (κ3) is 2.48. The van der Waals surface area contributed by atoms with Crippen molar-refractivity contribution in [1.29, 1.82) is 0 Å². The molecule has 2 rings (SSSR count). The van der Waals surface area contributed by atoms with E-state index in [1.165, 1.54) is 6.07 Å². The molecule has 0 aromatic heterocycles. The zero-order valence-electron chi connectivity index (χ0n) is 9.73. The van der Waals surface area contributed by atoms with Gasteiger partial charge in [0, 0.05) is 17.4 Å². The highest BCUT2D eigenvalue weighted by Gasteiger charge is 2.45. The second-order valence-corrected chi connectivity index (χ2v) is 5.19. The van der Waals surface area contributed by atoms with Crippen LogP contribution in [-0.2, 0) is 6.18 Å². The molecule has 1 aliphatic rings. The molecule has 0 bridgehead atoms. The fourth-order valence-corrected chi connectivity index (χ4v) is 1.81. The van der Waals surface area contributed by atoms with Gasteiger partial charge in [-0.25, -0.2) is 0 Å². The van der Waals surface area contributed by atoms with Crippen LogP contribution < -0.4 is 11.1 Å². The molecule has 0 amide bonds. The first-order chi connectivity index (χ1) is 7.70. The molecule has 17 heavy (non-hydrogen) atoms. The lowest BCUT2D eigenvalue weighted by Gasteiger charge is -2.13. The molecule has 0 saturated heterocycles. The zero-order chi connectivity index (χ0) is 12.8. The Kier molecular flexibility index (Phi) is 2.52. The van der Waals surface area contributed by atoms with Gasteiger partial charge in [0.25, 0.3) is 0 Å². The first kappa shape index (κ1) is 12.1. The number of alkyl halides is 3. The topological polar surface area (TPSA) is 38.0 Å². The molecule has 0 spiro atoms. The minimum absolute atomic E-state index is 0.166. The summed E-state index contributed by atoms with van der Waals surface area (Å²) < 4.78 is 37.9. The number of nitrogen functional groups attached to an aromatic ring is 1. The zero-order valence-corrected chi connectivity index (χ0v) is 9.73. The van der Waals surface area contributed by atoms with Gasteiger partial charge in [-0.3, -0.25) is 0 Å². The van der Waals surface area contributed by atoms with Crippen LogP contribution in [-0.4, -0.2) is 6.04 Å². The van der Waals surface area contributed by atoms with Crippen molar-refractivity contribution in [2.45, 2.75) is 32.5 Å². The molecule has 0 aliphatic heterocycles. The van der Waals surface area contributed by atoms with Crippen molar-refractivity contribution < 1.29 is 13.2 Å². The van der Waals surface area contributed by atoms with Gasteiger partial charge in [-0.2, -0.15) is 13.2 Å². The summed E-state index contributed by atoms with van der Waals surface area (Å²) in [4.78, 5) is 0. The van der Waals surface area contributed by atoms with Gasteiger partial charge < -0.3 is 11.1 Å². The molecule has 2 nitrogen and oxygen atoms in total. The standard InChI is InChI=1S/C12H15F3N2/c1-11(2)6-10(11)17-7-3-4-9(16)8(5-7)12(13,14)15/h3-5,10,17H,6,16H2,1-2H3. The van der Waals surface area contributed by atoms with Crippen LogP contribution in [0.2, 0.25) is 0 Å². The maximum absolute atomic E-state index is 12.6. The maximum Gasteiger partial charge on any atom is 0.418 e. The van der Waals surface area contributed by atoms with E-state index in [1.54, 1.807) is 6.07 Å². The molecular formula is C12H15F3N2. The van der Waals surface area contributed by atoms with Crippen molar-refractivity contribution in [3.63, 3.8) is 0 Å². The van der Waals surface area contributed by atoms with Crippen LogP contribution in [0.15, 0.2) is 18.2 Å². The summed E-state index contributed by atoms with van der Waals surface area (Å²) in [6.45, 7) is 4.15. The Balaban J connectivity index is 2.20. The van der Waals surface area contributed by atoms with Crippen molar-refractivity contribution in [2.24, 2.45) is 5.41 Å². The minimum atomic E-state index is -4.40. The van der Waals surface area contributed by atoms with E-state index in [2.05, 4.69) is 19.2 Å². The Labute approximate surface area is 98.0 Å². The van der Waals surface area contributed by atoms with Crippen molar-refractivity contribution in [2.75, 3.05) is 11.1 Å². The van der Waals surface area contributed by atoms with Crippen LogP contribution in [0, 0.1) is 5.41 Å². The maximum atomic E-state index is 12.6. The van der Waals surface area contributed by atoms with Crippen molar-refractivity contribution in [3.8, 4) is 0 Å². The van der Waals surface area contributed by atoms with Crippen molar-refractivity contribution >= 4 is 11.4 Å². The Morgan fingerprint density at radius 1 is 1.35 bits per heavy atom. The Morgan fingerprint density at radius 3 is 2.41 bits per heavy atom. The summed E-state index contributed by atoms with van der Waals surface area (Å²) in [6, 6.07) is 4.19. The molecule has 5 heteroatoms. The first-order valence-corrected chi connectivity index (χ1v) is 5.43. The summed E-state index contributed by atoms with van der Waals surface area (Å²) >= 11 is 0. The Morgan fingerprint density at radius 2 is 1.94 bits per heavy atom. The lowest BCUT2D eigenvalue weighted by Crippen LogP contribution is -2.12. The number of benzene rings is 1. The summed E-state index contributed by atoms with van der Waals surface area (Å²) in [7, 11) is 0. The number of rotatable bonds is 2. The van der Waals surface area contributed by atoms with E-state index in [1.807, 2.05) is 0 Å². The number of nitrogens with two attached hydrogens (primary N) is 1. The predicted molar refractivity (Wildman–Crippen MR) is 61.7 cm³/mol. The van der Waals surface area contributed by atoms with Crippen LogP contribution in [0.3, 0.4) is 0 Å². The minimum Gasteiger partial charge on any atom is -0.398 e. The molecule has 0 heterocycles. The van der Waals surface area contributed by atoms with Crippen LogP contribution >= 0.6 is 0 Å². The van der Waals surface area contributed by atoms with E-state index in [9.17, 15) is 13.2 Å². The number of nitrogens with one attached hydrogen (secondary N) is 1. The van der Waals surface area contributed by atoms with E-state index in [0.29, 0.717) is 5.69 Å². The second kappa shape index (κ2) is 3.55. The molecule has 1 aromatic rings. The van der Waals surface area contributed by atoms with Gasteiger partial charge >= 0.3 is 6.18 Å². The van der Waals surface area contributed by atoms with Crippen LogP contribution in [0.25, 0.3) is 0 Å². The molecule has 94 valence electrons. The normalized spacial score (nSPS) is 22.3. The van der Waals surface area contributed by atoms with Gasteiger partial charge in [0.2, 0.25) is 0 Å². The third-order valence-corrected chi connectivity index (χ3v) is 3.21. The van der Waals surface area contributed by atoms with E-state index in [0.717, 1.165) is 12.5 Å². The number of hydrogen-bond acceptors (Lipinski definition) is 2. The van der Waals surface area contributed by atoms with Gasteiger partial charge in [0.05, 0.1) is 5.56 Å². The molecular weight excluding hydrogens is 229 g/mol. The second-order valence-electron chi connectivity index (χ2n) is 5.19. The number of hydrogen-bond donors (Lipinski definition) is 2. The van der Waals surface area contributed by atoms with Gasteiger partial charge in [-0.1, -0.05) is 13.8 Å². The van der Waals surface area contributed by atoms with E-state index in [4.69, 9.17) is 5.73 Å². The molecule has 0 radical (unpaired) electrons. The molecule has 1 unspecified atom stereocenters. The fraction of sp³-hybridized carbons (Fsp3) is 0.500. The lowest BCUT2D eigenvalue weighted by molar-refractivity contribution is -0.136. The lowest BCUT2D eigenvalue weighted by atomic mass is 10.1. The van der Waals surface area contributed by atoms with Gasteiger partial charge in [0.15, 0.2) is 0 Å². The highest BCUT2D eigenvalue weighted by Crippen LogP contribution is 2.47. The largest absolute Gasteiger partial charge is 0.418 e. The van der Waals surface area contributed by atoms with Gasteiger partial charge in [-0.15, -0.1) is 0 Å². The van der Waals surface area contributed by atoms with Crippen LogP contribution in [0.4, 0.5) is 24.5 Å². The average molecular weight is 244 g/mol. The third-order valence-electron chi connectivity index (χ3n) is 3.21. The quantitative estimate of drug-likeness (QED) is 0.781. The van der Waals surface area contributed by atoms with Crippen molar-refractivity contribution in [1.82, 2.24) is 0 Å². The Hall–Kier alpha value is -1.39. The predicted octanol–water partition coefficient (Wildman–Crippen LogP) is 3.50. The summed E-state index contributed by atoms with van der Waals surface area (Å²) in [6.07, 6.45) is -3.43. The molecule has 1 aromatic carbocycles. The highest BCUT2D eigenvalue weighted by atomic mass is 19.4.